The quantitative estimate of drug-likeness (QED) is 0.894. The summed E-state index contributed by atoms with van der Waals surface area (Å²) in [4.78, 5) is 8.30. The summed E-state index contributed by atoms with van der Waals surface area (Å²) in [6.07, 6.45) is 2.14. The van der Waals surface area contributed by atoms with E-state index in [9.17, 15) is 10.4 Å². The molecule has 3 rings (SSSR count). The van der Waals surface area contributed by atoms with E-state index in [1.807, 2.05) is 18.2 Å². The van der Waals surface area contributed by atoms with Crippen LogP contribution in [0.15, 0.2) is 24.3 Å². The van der Waals surface area contributed by atoms with Gasteiger partial charge in [-0.15, -0.1) is 0 Å². The fourth-order valence-electron chi connectivity index (χ4n) is 2.01. The van der Waals surface area contributed by atoms with Gasteiger partial charge in [-0.1, -0.05) is 12.1 Å². The first-order chi connectivity index (χ1) is 10.2. The van der Waals surface area contributed by atoms with E-state index in [0.717, 1.165) is 12.8 Å². The van der Waals surface area contributed by atoms with Crippen LogP contribution in [0, 0.1) is 11.3 Å². The molecule has 6 heteroatoms. The predicted octanol–water partition coefficient (Wildman–Crippen LogP) is 2.30. The molecule has 1 aromatic carbocycles. The Labute approximate surface area is 122 Å². The van der Waals surface area contributed by atoms with Gasteiger partial charge >= 0.3 is 0 Å². The van der Waals surface area contributed by atoms with Crippen LogP contribution < -0.4 is 10.1 Å². The number of aromatic nitrogens is 2. The highest BCUT2D eigenvalue weighted by atomic mass is 16.5. The van der Waals surface area contributed by atoms with E-state index in [4.69, 9.17) is 4.74 Å². The molecule has 1 aliphatic carbocycles. The SMILES string of the molecule is COc1cccc(-c2nc(NC3CC3)nc(O)c2C#N)c1. The molecule has 2 N–H and O–H groups in total. The van der Waals surface area contributed by atoms with Crippen molar-refractivity contribution in [1.82, 2.24) is 9.97 Å². The minimum Gasteiger partial charge on any atom is -0.497 e. The Morgan fingerprint density at radius 1 is 1.38 bits per heavy atom. The van der Waals surface area contributed by atoms with E-state index in [0.29, 0.717) is 29.0 Å². The van der Waals surface area contributed by atoms with Crippen molar-refractivity contribution < 1.29 is 9.84 Å². The average Bonchev–Trinajstić information content (AvgIpc) is 3.30. The molecule has 0 saturated heterocycles. The van der Waals surface area contributed by atoms with Crippen LogP contribution >= 0.6 is 0 Å². The number of hydrogen-bond acceptors (Lipinski definition) is 6. The van der Waals surface area contributed by atoms with Crippen molar-refractivity contribution in [3.63, 3.8) is 0 Å². The van der Waals surface area contributed by atoms with E-state index in [1.54, 1.807) is 19.2 Å². The van der Waals surface area contributed by atoms with Crippen LogP contribution in [0.25, 0.3) is 11.3 Å². The summed E-state index contributed by atoms with van der Waals surface area (Å²) < 4.78 is 5.18. The second-order valence-corrected chi connectivity index (χ2v) is 4.86. The molecular weight excluding hydrogens is 268 g/mol. The topological polar surface area (TPSA) is 91.1 Å². The summed E-state index contributed by atoms with van der Waals surface area (Å²) in [6, 6.07) is 9.50. The fourth-order valence-corrected chi connectivity index (χ4v) is 2.01. The Hall–Kier alpha value is -2.81. The number of aromatic hydroxyl groups is 1. The van der Waals surface area contributed by atoms with Gasteiger partial charge in [-0.3, -0.25) is 0 Å². The van der Waals surface area contributed by atoms with E-state index in [2.05, 4.69) is 15.3 Å². The molecule has 6 nitrogen and oxygen atoms in total. The van der Waals surface area contributed by atoms with E-state index in [-0.39, 0.29) is 11.4 Å². The van der Waals surface area contributed by atoms with Crippen LogP contribution in [-0.2, 0) is 0 Å². The van der Waals surface area contributed by atoms with Gasteiger partial charge in [0.1, 0.15) is 17.4 Å². The number of benzene rings is 1. The number of ether oxygens (including phenoxy) is 1. The first kappa shape index (κ1) is 13.2. The first-order valence-electron chi connectivity index (χ1n) is 6.63. The lowest BCUT2D eigenvalue weighted by molar-refractivity contribution is 0.415. The van der Waals surface area contributed by atoms with Crippen LogP contribution in [-0.4, -0.2) is 28.2 Å². The third-order valence-corrected chi connectivity index (χ3v) is 3.26. The number of nitrogens with one attached hydrogen (secondary N) is 1. The van der Waals surface area contributed by atoms with Crippen molar-refractivity contribution in [3.05, 3.63) is 29.8 Å². The van der Waals surface area contributed by atoms with Crippen LogP contribution in [0.2, 0.25) is 0 Å². The highest BCUT2D eigenvalue weighted by molar-refractivity contribution is 5.71. The molecule has 1 fully saturated rings. The summed E-state index contributed by atoms with van der Waals surface area (Å²) >= 11 is 0. The Balaban J connectivity index is 2.09. The molecule has 106 valence electrons. The number of nitriles is 1. The van der Waals surface area contributed by atoms with Gasteiger partial charge in [0, 0.05) is 11.6 Å². The number of rotatable bonds is 4. The van der Waals surface area contributed by atoms with Gasteiger partial charge in [0.25, 0.3) is 0 Å². The molecule has 1 aliphatic rings. The van der Waals surface area contributed by atoms with Gasteiger partial charge in [0.2, 0.25) is 11.8 Å². The zero-order valence-electron chi connectivity index (χ0n) is 11.5. The Kier molecular flexibility index (Phi) is 3.32. The second kappa shape index (κ2) is 5.29. The molecular formula is C15H14N4O2. The summed E-state index contributed by atoms with van der Waals surface area (Å²) in [6.45, 7) is 0. The first-order valence-corrected chi connectivity index (χ1v) is 6.63. The Morgan fingerprint density at radius 3 is 2.86 bits per heavy atom. The standard InChI is InChI=1S/C15H14N4O2/c1-21-11-4-2-3-9(7-11)13-12(8-16)14(20)19-15(18-13)17-10-5-6-10/h2-4,7,10H,5-6H2,1H3,(H2,17,18,19,20). The third-order valence-electron chi connectivity index (χ3n) is 3.26. The highest BCUT2D eigenvalue weighted by Gasteiger charge is 2.24. The lowest BCUT2D eigenvalue weighted by atomic mass is 10.1. The van der Waals surface area contributed by atoms with Crippen LogP contribution in [0.4, 0.5) is 5.95 Å². The maximum Gasteiger partial charge on any atom is 0.234 e. The largest absolute Gasteiger partial charge is 0.497 e. The van der Waals surface area contributed by atoms with Gasteiger partial charge in [-0.05, 0) is 25.0 Å². The zero-order chi connectivity index (χ0) is 14.8. The van der Waals surface area contributed by atoms with Crippen molar-refractivity contribution in [1.29, 1.82) is 5.26 Å². The number of anilines is 1. The fraction of sp³-hybridized carbons (Fsp3) is 0.267. The number of methoxy groups -OCH3 is 1. The zero-order valence-corrected chi connectivity index (χ0v) is 11.5. The monoisotopic (exact) mass is 282 g/mol. The van der Waals surface area contributed by atoms with Crippen LogP contribution in [0.3, 0.4) is 0 Å². The molecule has 1 saturated carbocycles. The Bertz CT molecular complexity index is 720. The van der Waals surface area contributed by atoms with Crippen molar-refractivity contribution in [2.45, 2.75) is 18.9 Å². The summed E-state index contributed by atoms with van der Waals surface area (Å²) in [5.41, 5.74) is 1.15. The van der Waals surface area contributed by atoms with Gasteiger partial charge in [0.15, 0.2) is 0 Å². The molecule has 1 aromatic heterocycles. The summed E-state index contributed by atoms with van der Waals surface area (Å²) in [7, 11) is 1.57. The molecule has 0 unspecified atom stereocenters. The Morgan fingerprint density at radius 2 is 2.19 bits per heavy atom. The van der Waals surface area contributed by atoms with Gasteiger partial charge in [0.05, 0.1) is 12.8 Å². The molecule has 0 aliphatic heterocycles. The van der Waals surface area contributed by atoms with Gasteiger partial charge in [-0.25, -0.2) is 4.98 Å². The molecule has 21 heavy (non-hydrogen) atoms. The molecule has 0 atom stereocenters. The predicted molar refractivity (Wildman–Crippen MR) is 77.0 cm³/mol. The molecule has 1 heterocycles. The molecule has 0 radical (unpaired) electrons. The van der Waals surface area contributed by atoms with Gasteiger partial charge < -0.3 is 15.2 Å². The second-order valence-electron chi connectivity index (χ2n) is 4.86. The number of hydrogen-bond donors (Lipinski definition) is 2. The van der Waals surface area contributed by atoms with Crippen molar-refractivity contribution in [2.24, 2.45) is 0 Å². The van der Waals surface area contributed by atoms with Crippen LogP contribution in [0.1, 0.15) is 18.4 Å². The minimum absolute atomic E-state index is 0.0598. The summed E-state index contributed by atoms with van der Waals surface area (Å²) in [5.74, 6) is 0.687. The van der Waals surface area contributed by atoms with E-state index >= 15 is 0 Å². The molecule has 0 amide bonds. The lowest BCUT2D eigenvalue weighted by Crippen LogP contribution is -2.07. The molecule has 0 spiro atoms. The number of nitrogens with zero attached hydrogens (tertiary/aromatic N) is 3. The van der Waals surface area contributed by atoms with Crippen molar-refractivity contribution in [2.75, 3.05) is 12.4 Å². The van der Waals surface area contributed by atoms with Crippen molar-refractivity contribution >= 4 is 5.95 Å². The average molecular weight is 282 g/mol. The van der Waals surface area contributed by atoms with Gasteiger partial charge in [-0.2, -0.15) is 10.2 Å². The maximum absolute atomic E-state index is 9.95. The van der Waals surface area contributed by atoms with Crippen molar-refractivity contribution in [3.8, 4) is 29.0 Å². The summed E-state index contributed by atoms with van der Waals surface area (Å²) in [5, 5.41) is 22.3. The maximum atomic E-state index is 9.95. The van der Waals surface area contributed by atoms with E-state index < -0.39 is 0 Å². The lowest BCUT2D eigenvalue weighted by Gasteiger charge is -2.10. The normalized spacial score (nSPS) is 13.5. The third kappa shape index (κ3) is 2.72. The van der Waals surface area contributed by atoms with E-state index in [1.165, 1.54) is 0 Å². The minimum atomic E-state index is -0.312. The molecule has 0 bridgehead atoms. The van der Waals surface area contributed by atoms with Crippen LogP contribution in [0.5, 0.6) is 11.6 Å². The smallest absolute Gasteiger partial charge is 0.234 e. The highest BCUT2D eigenvalue weighted by Crippen LogP contribution is 2.31. The molecule has 2 aromatic rings.